The summed E-state index contributed by atoms with van der Waals surface area (Å²) in [4.78, 5) is 4.65. The number of aliphatic hydroxyl groups is 1. The van der Waals surface area contributed by atoms with Gasteiger partial charge in [-0.25, -0.2) is 0 Å². The molecule has 1 N–H and O–H groups in total. The third kappa shape index (κ3) is 6.15. The molecule has 1 rings (SSSR count). The quantitative estimate of drug-likeness (QED) is 0.724. The minimum atomic E-state index is 0.227. The maximum absolute atomic E-state index is 9.13. The smallest absolute Gasteiger partial charge is 0.0558 e. The van der Waals surface area contributed by atoms with Crippen molar-refractivity contribution in [2.75, 3.05) is 39.8 Å². The van der Waals surface area contributed by atoms with E-state index in [9.17, 15) is 0 Å². The van der Waals surface area contributed by atoms with Crippen LogP contribution in [0.25, 0.3) is 0 Å². The molecule has 1 aromatic carbocycles. The van der Waals surface area contributed by atoms with Crippen LogP contribution in [0.4, 0.5) is 0 Å². The first-order valence-electron chi connectivity index (χ1n) is 6.82. The topological polar surface area (TPSA) is 26.7 Å². The summed E-state index contributed by atoms with van der Waals surface area (Å²) in [7, 11) is 2.16. The van der Waals surface area contributed by atoms with Gasteiger partial charge in [-0.05, 0) is 25.6 Å². The number of nitrogens with zero attached hydrogens (tertiary/aromatic N) is 2. The Morgan fingerprint density at radius 3 is 2.33 bits per heavy atom. The number of rotatable bonds is 9. The lowest BCUT2D eigenvalue weighted by Gasteiger charge is -2.24. The number of benzene rings is 1. The van der Waals surface area contributed by atoms with Crippen molar-refractivity contribution in [2.24, 2.45) is 0 Å². The van der Waals surface area contributed by atoms with Gasteiger partial charge in [-0.3, -0.25) is 4.90 Å². The zero-order chi connectivity index (χ0) is 13.2. The number of aliphatic hydroxyl groups excluding tert-OH is 1. The van der Waals surface area contributed by atoms with Crippen LogP contribution in [0.3, 0.4) is 0 Å². The third-order valence-electron chi connectivity index (χ3n) is 3.07. The first-order valence-corrected chi connectivity index (χ1v) is 6.82. The van der Waals surface area contributed by atoms with Crippen LogP contribution in [-0.4, -0.2) is 54.7 Å². The predicted molar refractivity (Wildman–Crippen MR) is 76.6 cm³/mol. The molecule has 18 heavy (non-hydrogen) atoms. The lowest BCUT2D eigenvalue weighted by molar-refractivity contribution is 0.172. The molecule has 0 radical (unpaired) electrons. The van der Waals surface area contributed by atoms with Gasteiger partial charge in [0.1, 0.15) is 0 Å². The molecule has 0 aliphatic carbocycles. The van der Waals surface area contributed by atoms with Gasteiger partial charge >= 0.3 is 0 Å². The summed E-state index contributed by atoms with van der Waals surface area (Å²) in [5.74, 6) is 0. The molecule has 0 saturated carbocycles. The number of hydrogen-bond donors (Lipinski definition) is 1. The second-order valence-electron chi connectivity index (χ2n) is 4.79. The minimum Gasteiger partial charge on any atom is -0.395 e. The summed E-state index contributed by atoms with van der Waals surface area (Å²) in [5, 5.41) is 9.13. The van der Waals surface area contributed by atoms with Crippen molar-refractivity contribution in [1.29, 1.82) is 0 Å². The van der Waals surface area contributed by atoms with E-state index in [1.807, 2.05) is 6.07 Å². The van der Waals surface area contributed by atoms with Crippen LogP contribution in [-0.2, 0) is 6.54 Å². The molecule has 1 aromatic rings. The van der Waals surface area contributed by atoms with E-state index in [1.165, 1.54) is 12.0 Å². The molecule has 0 fully saturated rings. The van der Waals surface area contributed by atoms with Crippen molar-refractivity contribution >= 4 is 0 Å². The highest BCUT2D eigenvalue weighted by Gasteiger charge is 2.06. The van der Waals surface area contributed by atoms with Crippen molar-refractivity contribution < 1.29 is 5.11 Å². The molecule has 0 atom stereocenters. The summed E-state index contributed by atoms with van der Waals surface area (Å²) in [5.41, 5.74) is 1.31. The van der Waals surface area contributed by atoms with Crippen LogP contribution in [0.1, 0.15) is 18.9 Å². The highest BCUT2D eigenvalue weighted by Crippen LogP contribution is 2.04. The van der Waals surface area contributed by atoms with Crippen molar-refractivity contribution in [1.82, 2.24) is 9.80 Å². The Kier molecular flexibility index (Phi) is 7.65. The third-order valence-corrected chi connectivity index (χ3v) is 3.07. The molecular formula is C15H26N2O. The molecular weight excluding hydrogens is 224 g/mol. The first kappa shape index (κ1) is 15.2. The predicted octanol–water partition coefficient (Wildman–Crippen LogP) is 1.82. The zero-order valence-corrected chi connectivity index (χ0v) is 11.7. The SMILES string of the molecule is CCCN(C)CCN(CCO)Cc1ccccc1. The van der Waals surface area contributed by atoms with Gasteiger partial charge in [0.05, 0.1) is 6.61 Å². The molecule has 3 heteroatoms. The largest absolute Gasteiger partial charge is 0.395 e. The van der Waals surface area contributed by atoms with Crippen molar-refractivity contribution in [3.05, 3.63) is 35.9 Å². The van der Waals surface area contributed by atoms with Crippen LogP contribution in [0, 0.1) is 0 Å². The van der Waals surface area contributed by atoms with E-state index in [2.05, 4.69) is 48.0 Å². The van der Waals surface area contributed by atoms with Crippen molar-refractivity contribution in [2.45, 2.75) is 19.9 Å². The lowest BCUT2D eigenvalue weighted by Crippen LogP contribution is -2.35. The maximum Gasteiger partial charge on any atom is 0.0558 e. The summed E-state index contributed by atoms with van der Waals surface area (Å²) in [6.45, 7) is 7.29. The van der Waals surface area contributed by atoms with E-state index in [-0.39, 0.29) is 6.61 Å². The Balaban J connectivity index is 2.39. The van der Waals surface area contributed by atoms with E-state index in [0.717, 1.165) is 32.7 Å². The van der Waals surface area contributed by atoms with E-state index < -0.39 is 0 Å². The van der Waals surface area contributed by atoms with E-state index >= 15 is 0 Å². The van der Waals surface area contributed by atoms with Gasteiger partial charge < -0.3 is 10.0 Å². The Bertz CT molecular complexity index is 303. The molecule has 0 aliphatic rings. The molecule has 0 bridgehead atoms. The molecule has 0 saturated heterocycles. The highest BCUT2D eigenvalue weighted by molar-refractivity contribution is 5.14. The van der Waals surface area contributed by atoms with Crippen LogP contribution in [0.2, 0.25) is 0 Å². The van der Waals surface area contributed by atoms with Gasteiger partial charge in [0.2, 0.25) is 0 Å². The molecule has 0 aromatic heterocycles. The van der Waals surface area contributed by atoms with Gasteiger partial charge in [0.15, 0.2) is 0 Å². The lowest BCUT2D eigenvalue weighted by atomic mass is 10.2. The summed E-state index contributed by atoms with van der Waals surface area (Å²) in [6, 6.07) is 10.4. The maximum atomic E-state index is 9.13. The normalized spacial score (nSPS) is 11.4. The Morgan fingerprint density at radius 1 is 1.00 bits per heavy atom. The molecule has 3 nitrogen and oxygen atoms in total. The summed E-state index contributed by atoms with van der Waals surface area (Å²) in [6.07, 6.45) is 1.19. The second-order valence-corrected chi connectivity index (χ2v) is 4.79. The summed E-state index contributed by atoms with van der Waals surface area (Å²) >= 11 is 0. The van der Waals surface area contributed by atoms with Gasteiger partial charge in [-0.1, -0.05) is 37.3 Å². The van der Waals surface area contributed by atoms with Crippen molar-refractivity contribution in [3.8, 4) is 0 Å². The fraction of sp³-hybridized carbons (Fsp3) is 0.600. The highest BCUT2D eigenvalue weighted by atomic mass is 16.3. The standard InChI is InChI=1S/C15H26N2O/c1-3-9-16(2)10-11-17(12-13-18)14-15-7-5-4-6-8-15/h4-8,18H,3,9-14H2,1-2H3. The van der Waals surface area contributed by atoms with Gasteiger partial charge in [0, 0.05) is 26.2 Å². The Hall–Kier alpha value is -0.900. The van der Waals surface area contributed by atoms with Crippen LogP contribution in [0.5, 0.6) is 0 Å². The fourth-order valence-electron chi connectivity index (χ4n) is 2.06. The Labute approximate surface area is 111 Å². The van der Waals surface area contributed by atoms with Gasteiger partial charge in [-0.15, -0.1) is 0 Å². The molecule has 102 valence electrons. The van der Waals surface area contributed by atoms with E-state index in [0.29, 0.717) is 0 Å². The molecule has 0 spiro atoms. The van der Waals surface area contributed by atoms with Crippen LogP contribution in [0.15, 0.2) is 30.3 Å². The minimum absolute atomic E-state index is 0.227. The van der Waals surface area contributed by atoms with E-state index in [1.54, 1.807) is 0 Å². The van der Waals surface area contributed by atoms with E-state index in [4.69, 9.17) is 5.11 Å². The van der Waals surface area contributed by atoms with Crippen LogP contribution < -0.4 is 0 Å². The molecule has 0 heterocycles. The van der Waals surface area contributed by atoms with Gasteiger partial charge in [0.25, 0.3) is 0 Å². The Morgan fingerprint density at radius 2 is 1.72 bits per heavy atom. The molecule has 0 aliphatic heterocycles. The van der Waals surface area contributed by atoms with Crippen molar-refractivity contribution in [3.63, 3.8) is 0 Å². The van der Waals surface area contributed by atoms with Gasteiger partial charge in [-0.2, -0.15) is 0 Å². The second kappa shape index (κ2) is 9.09. The number of hydrogen-bond acceptors (Lipinski definition) is 3. The van der Waals surface area contributed by atoms with Crippen LogP contribution >= 0.6 is 0 Å². The first-order chi connectivity index (χ1) is 8.76. The molecule has 0 amide bonds. The zero-order valence-electron chi connectivity index (χ0n) is 11.7. The number of likely N-dealkylation sites (N-methyl/N-ethyl adjacent to an activating group) is 1. The molecule has 0 unspecified atom stereocenters. The summed E-state index contributed by atoms with van der Waals surface area (Å²) < 4.78 is 0. The average molecular weight is 250 g/mol. The fourth-order valence-corrected chi connectivity index (χ4v) is 2.06. The monoisotopic (exact) mass is 250 g/mol. The average Bonchev–Trinajstić information content (AvgIpc) is 2.38.